The van der Waals surface area contributed by atoms with E-state index in [0.29, 0.717) is 49.4 Å². The summed E-state index contributed by atoms with van der Waals surface area (Å²) in [5.41, 5.74) is 1.06. The number of carbonyl (C=O) groups excluding carboxylic acids is 1. The van der Waals surface area contributed by atoms with E-state index in [9.17, 15) is 18.0 Å². The fourth-order valence-electron chi connectivity index (χ4n) is 3.48. The molecule has 3 heterocycles. The van der Waals surface area contributed by atoms with Crippen LogP contribution in [-0.4, -0.2) is 58.1 Å². The Bertz CT molecular complexity index is 1180. The minimum atomic E-state index is -4.51. The number of alkyl halides is 3. The third kappa shape index (κ3) is 4.81. The second-order valence-corrected chi connectivity index (χ2v) is 7.28. The van der Waals surface area contributed by atoms with E-state index in [2.05, 4.69) is 15.4 Å². The zero-order chi connectivity index (χ0) is 22.7. The molecule has 1 N–H and O–H groups in total. The van der Waals surface area contributed by atoms with E-state index in [0.717, 1.165) is 4.68 Å². The summed E-state index contributed by atoms with van der Waals surface area (Å²) in [7, 11) is 0. The fraction of sp³-hybridized carbons (Fsp3) is 0.333. The number of ether oxygens (including phenoxy) is 1. The minimum Gasteiger partial charge on any atom is -0.380 e. The van der Waals surface area contributed by atoms with Gasteiger partial charge in [-0.3, -0.25) is 14.5 Å². The Balaban J connectivity index is 1.72. The number of nitrogens with zero attached hydrogens (tertiary/aromatic N) is 5. The number of halogens is 3. The molecule has 0 atom stereocenters. The number of hydrogen-bond acceptors (Lipinski definition) is 6. The van der Waals surface area contributed by atoms with E-state index in [1.807, 2.05) is 6.07 Å². The van der Waals surface area contributed by atoms with Gasteiger partial charge in [0.25, 0.3) is 5.91 Å². The normalized spacial score (nSPS) is 14.8. The Kier molecular flexibility index (Phi) is 5.96. The number of amides is 1. The zero-order valence-corrected chi connectivity index (χ0v) is 16.9. The Morgan fingerprint density at radius 3 is 2.88 bits per heavy atom. The molecule has 32 heavy (non-hydrogen) atoms. The second-order valence-electron chi connectivity index (χ2n) is 7.28. The lowest BCUT2D eigenvalue weighted by molar-refractivity contribution is -0.141. The van der Waals surface area contributed by atoms with Crippen LogP contribution in [0, 0.1) is 11.3 Å². The van der Waals surface area contributed by atoms with Crippen LogP contribution in [0.1, 0.15) is 22.5 Å². The van der Waals surface area contributed by atoms with Crippen LogP contribution < -0.4 is 5.32 Å². The highest BCUT2D eigenvalue weighted by Crippen LogP contribution is 2.29. The summed E-state index contributed by atoms with van der Waals surface area (Å²) in [6, 6.07) is 9.82. The van der Waals surface area contributed by atoms with Crippen LogP contribution in [0.3, 0.4) is 0 Å². The largest absolute Gasteiger partial charge is 0.408 e. The van der Waals surface area contributed by atoms with Crippen molar-refractivity contribution >= 4 is 28.3 Å². The summed E-state index contributed by atoms with van der Waals surface area (Å²) in [6.45, 7) is 0.510. The number of pyridine rings is 1. The van der Waals surface area contributed by atoms with Crippen molar-refractivity contribution < 1.29 is 22.7 Å². The van der Waals surface area contributed by atoms with E-state index in [1.165, 1.54) is 12.3 Å². The number of carbonyl (C=O) groups is 1. The maximum Gasteiger partial charge on any atom is 0.408 e. The number of aromatic nitrogens is 3. The van der Waals surface area contributed by atoms with Gasteiger partial charge < -0.3 is 15.0 Å². The van der Waals surface area contributed by atoms with E-state index in [1.54, 1.807) is 29.2 Å². The topological polar surface area (TPSA) is 96.1 Å². The third-order valence-corrected chi connectivity index (χ3v) is 4.95. The lowest BCUT2D eigenvalue weighted by Gasteiger charge is -2.19. The first-order valence-electron chi connectivity index (χ1n) is 9.91. The third-order valence-electron chi connectivity index (χ3n) is 4.95. The highest BCUT2D eigenvalue weighted by atomic mass is 19.4. The van der Waals surface area contributed by atoms with Gasteiger partial charge in [0.15, 0.2) is 5.82 Å². The number of hydrogen-bond donors (Lipinski definition) is 1. The molecule has 0 aliphatic carbocycles. The van der Waals surface area contributed by atoms with Crippen LogP contribution in [0.5, 0.6) is 0 Å². The maximum atomic E-state index is 13.2. The van der Waals surface area contributed by atoms with Crippen LogP contribution >= 0.6 is 0 Å². The van der Waals surface area contributed by atoms with Gasteiger partial charge in [-0.15, -0.1) is 0 Å². The quantitative estimate of drug-likeness (QED) is 0.662. The first kappa shape index (κ1) is 21.6. The van der Waals surface area contributed by atoms with Crippen molar-refractivity contribution in [3.63, 3.8) is 0 Å². The van der Waals surface area contributed by atoms with Gasteiger partial charge in [-0.25, -0.2) is 0 Å². The van der Waals surface area contributed by atoms with E-state index in [-0.39, 0.29) is 22.9 Å². The first-order chi connectivity index (χ1) is 15.3. The first-order valence-corrected chi connectivity index (χ1v) is 9.91. The summed E-state index contributed by atoms with van der Waals surface area (Å²) in [5.74, 6) is -0.220. The van der Waals surface area contributed by atoms with Crippen molar-refractivity contribution in [2.45, 2.75) is 19.1 Å². The fourth-order valence-corrected chi connectivity index (χ4v) is 3.48. The smallest absolute Gasteiger partial charge is 0.380 e. The molecule has 0 spiro atoms. The number of anilines is 2. The van der Waals surface area contributed by atoms with Crippen LogP contribution in [0.15, 0.2) is 36.5 Å². The molecule has 0 radical (unpaired) electrons. The molecule has 1 aromatic carbocycles. The lowest BCUT2D eigenvalue weighted by Crippen LogP contribution is -2.33. The van der Waals surface area contributed by atoms with Gasteiger partial charge in [0, 0.05) is 31.6 Å². The number of rotatable bonds is 4. The van der Waals surface area contributed by atoms with Gasteiger partial charge in [-0.2, -0.15) is 23.5 Å². The number of fused-ring (bicyclic) bond motifs is 1. The van der Waals surface area contributed by atoms with Crippen molar-refractivity contribution in [3.05, 3.63) is 47.8 Å². The molecule has 3 aromatic rings. The molecule has 2 aromatic heterocycles. The van der Waals surface area contributed by atoms with Crippen molar-refractivity contribution in [3.8, 4) is 6.07 Å². The van der Waals surface area contributed by atoms with Crippen molar-refractivity contribution in [2.75, 3.05) is 31.6 Å². The van der Waals surface area contributed by atoms with Crippen molar-refractivity contribution in [1.82, 2.24) is 19.7 Å². The van der Waals surface area contributed by atoms with Gasteiger partial charge in [-0.05, 0) is 30.7 Å². The molecule has 1 aliphatic heterocycles. The highest BCUT2D eigenvalue weighted by Gasteiger charge is 2.30. The predicted molar refractivity (Wildman–Crippen MR) is 109 cm³/mol. The van der Waals surface area contributed by atoms with Gasteiger partial charge in [0.1, 0.15) is 12.2 Å². The summed E-state index contributed by atoms with van der Waals surface area (Å²) in [4.78, 5) is 18.7. The molecular weight excluding hydrogens is 425 g/mol. The van der Waals surface area contributed by atoms with Crippen LogP contribution in [0.25, 0.3) is 10.9 Å². The molecule has 8 nitrogen and oxygen atoms in total. The monoisotopic (exact) mass is 444 g/mol. The van der Waals surface area contributed by atoms with Gasteiger partial charge >= 0.3 is 6.18 Å². The Hall–Kier alpha value is -3.65. The molecule has 0 bridgehead atoms. The van der Waals surface area contributed by atoms with E-state index in [4.69, 9.17) is 10.00 Å². The minimum absolute atomic E-state index is 0.0424. The van der Waals surface area contributed by atoms with Crippen LogP contribution in [-0.2, 0) is 11.3 Å². The summed E-state index contributed by atoms with van der Waals surface area (Å²) in [5, 5.41) is 16.4. The number of nitriles is 1. The Morgan fingerprint density at radius 1 is 1.25 bits per heavy atom. The number of benzene rings is 1. The molecule has 1 amide bonds. The lowest BCUT2D eigenvalue weighted by atomic mass is 10.2. The van der Waals surface area contributed by atoms with Crippen molar-refractivity contribution in [1.29, 1.82) is 5.26 Å². The summed E-state index contributed by atoms with van der Waals surface area (Å²) < 4.78 is 45.7. The summed E-state index contributed by atoms with van der Waals surface area (Å²) in [6.07, 6.45) is -2.49. The average molecular weight is 444 g/mol. The zero-order valence-electron chi connectivity index (χ0n) is 16.9. The van der Waals surface area contributed by atoms with E-state index >= 15 is 0 Å². The van der Waals surface area contributed by atoms with Crippen molar-refractivity contribution in [2.24, 2.45) is 0 Å². The average Bonchev–Trinajstić information content (AvgIpc) is 2.94. The van der Waals surface area contributed by atoms with Gasteiger partial charge in [0.2, 0.25) is 0 Å². The molecule has 11 heteroatoms. The Labute approximate surface area is 181 Å². The molecule has 0 unspecified atom stereocenters. The SMILES string of the molecule is N#Cc1cccc(Nc2nn(CC(F)(F)F)c3cc(C(=O)N4CCCOCC4)ncc23)c1. The van der Waals surface area contributed by atoms with Gasteiger partial charge in [-0.1, -0.05) is 6.07 Å². The predicted octanol–water partition coefficient (Wildman–Crippen LogP) is 3.47. The Morgan fingerprint density at radius 2 is 2.09 bits per heavy atom. The van der Waals surface area contributed by atoms with Gasteiger partial charge in [0.05, 0.1) is 29.1 Å². The maximum absolute atomic E-state index is 13.2. The number of nitrogens with one attached hydrogen (secondary N) is 1. The standard InChI is InChI=1S/C21H19F3N6O2/c22-21(23,24)13-30-18-10-17(20(31)29-5-2-7-32-8-6-29)26-12-16(18)19(28-30)27-15-4-1-3-14(9-15)11-25/h1,3-4,9-10,12H,2,5-8,13H2,(H,27,28). The van der Waals surface area contributed by atoms with Crippen LogP contribution in [0.4, 0.5) is 24.7 Å². The highest BCUT2D eigenvalue weighted by molar-refractivity contribution is 5.98. The molecule has 1 aliphatic rings. The summed E-state index contributed by atoms with van der Waals surface area (Å²) >= 11 is 0. The molecule has 166 valence electrons. The molecular formula is C21H19F3N6O2. The molecule has 4 rings (SSSR count). The van der Waals surface area contributed by atoms with E-state index < -0.39 is 12.7 Å². The van der Waals surface area contributed by atoms with Crippen LogP contribution in [0.2, 0.25) is 0 Å². The molecule has 1 saturated heterocycles. The molecule has 1 fully saturated rings. The second kappa shape index (κ2) is 8.84. The molecule has 0 saturated carbocycles.